The van der Waals surface area contributed by atoms with Crippen LogP contribution in [0.1, 0.15) is 22.3 Å². The van der Waals surface area contributed by atoms with Gasteiger partial charge in [0.2, 0.25) is 0 Å². The molecule has 1 aromatic rings. The number of likely N-dealkylation sites (N-methyl/N-ethyl adjacent to an activating group) is 1. The highest BCUT2D eigenvalue weighted by Crippen LogP contribution is 2.21. The van der Waals surface area contributed by atoms with Crippen LogP contribution in [0.5, 0.6) is 0 Å². The van der Waals surface area contributed by atoms with E-state index < -0.39 is 6.10 Å². The molecule has 0 saturated carbocycles. The topological polar surface area (TPSA) is 67.6 Å². The molecule has 0 aromatic heterocycles. The molecule has 1 fully saturated rings. The van der Waals surface area contributed by atoms with Crippen molar-refractivity contribution in [1.29, 1.82) is 5.26 Å². The van der Waals surface area contributed by atoms with Crippen molar-refractivity contribution in [3.63, 3.8) is 0 Å². The summed E-state index contributed by atoms with van der Waals surface area (Å²) in [5.74, 6) is -0.120. The molecule has 0 aliphatic carbocycles. The lowest BCUT2D eigenvalue weighted by molar-refractivity contribution is 0.0699. The van der Waals surface area contributed by atoms with E-state index >= 15 is 0 Å². The van der Waals surface area contributed by atoms with E-state index in [1.807, 2.05) is 25.1 Å². The van der Waals surface area contributed by atoms with E-state index in [1.54, 1.807) is 29.2 Å². The summed E-state index contributed by atoms with van der Waals surface area (Å²) in [6, 6.07) is 8.74. The Morgan fingerprint density at radius 3 is 2.95 bits per heavy atom. The summed E-state index contributed by atoms with van der Waals surface area (Å²) in [6.07, 6.45) is 0.130. The molecule has 1 saturated heterocycles. The maximum Gasteiger partial charge on any atom is 0.254 e. The molecule has 0 radical (unpaired) electrons. The normalized spacial score (nSPS) is 22.1. The third-order valence-corrected chi connectivity index (χ3v) is 3.47. The van der Waals surface area contributed by atoms with E-state index in [0.717, 1.165) is 6.54 Å². The van der Waals surface area contributed by atoms with Crippen molar-refractivity contribution < 1.29 is 9.90 Å². The molecule has 1 aromatic carbocycles. The maximum absolute atomic E-state index is 12.5. The summed E-state index contributed by atoms with van der Waals surface area (Å²) in [5.41, 5.74) is 0.974. The minimum Gasteiger partial charge on any atom is -0.391 e. The van der Waals surface area contributed by atoms with Gasteiger partial charge in [-0.3, -0.25) is 4.79 Å². The molecule has 5 heteroatoms. The van der Waals surface area contributed by atoms with E-state index in [1.165, 1.54) is 0 Å². The standard InChI is InChI=1S/C15H19N3O2/c1-17(2)9-13-7-14(19)10-18(13)15(20)12-5-3-4-11(6-12)8-16/h3-6,13-14,19H,7,9-10H2,1-2H3. The fourth-order valence-corrected chi connectivity index (χ4v) is 2.62. The Labute approximate surface area is 119 Å². The maximum atomic E-state index is 12.5. The summed E-state index contributed by atoms with van der Waals surface area (Å²) in [4.78, 5) is 16.3. The van der Waals surface area contributed by atoms with Crippen LogP contribution in [-0.2, 0) is 0 Å². The number of β-amino-alcohol motifs (C(OH)–C–C–N with tert-alkyl or cyclic N) is 1. The number of carbonyl (C=O) groups excluding carboxylic acids is 1. The van der Waals surface area contributed by atoms with E-state index in [9.17, 15) is 9.90 Å². The predicted molar refractivity (Wildman–Crippen MR) is 75.2 cm³/mol. The van der Waals surface area contributed by atoms with Gasteiger partial charge in [-0.2, -0.15) is 5.26 Å². The third-order valence-electron chi connectivity index (χ3n) is 3.47. The predicted octanol–water partition coefficient (Wildman–Crippen LogP) is 0.695. The highest BCUT2D eigenvalue weighted by molar-refractivity contribution is 5.95. The lowest BCUT2D eigenvalue weighted by atomic mass is 10.1. The highest BCUT2D eigenvalue weighted by atomic mass is 16.3. The zero-order valence-electron chi connectivity index (χ0n) is 11.8. The van der Waals surface area contributed by atoms with Gasteiger partial charge in [0.25, 0.3) is 5.91 Å². The number of aliphatic hydroxyl groups is 1. The van der Waals surface area contributed by atoms with Crippen LogP contribution in [0.25, 0.3) is 0 Å². The number of amides is 1. The molecule has 1 N–H and O–H groups in total. The first-order chi connectivity index (χ1) is 9.51. The molecule has 1 heterocycles. The van der Waals surface area contributed by atoms with Gasteiger partial charge in [-0.25, -0.2) is 0 Å². The molecule has 20 heavy (non-hydrogen) atoms. The van der Waals surface area contributed by atoms with Gasteiger partial charge >= 0.3 is 0 Å². The van der Waals surface area contributed by atoms with Crippen molar-refractivity contribution in [3.8, 4) is 6.07 Å². The quantitative estimate of drug-likeness (QED) is 0.880. The van der Waals surface area contributed by atoms with E-state index in [-0.39, 0.29) is 11.9 Å². The Balaban J connectivity index is 2.20. The van der Waals surface area contributed by atoms with Crippen LogP contribution >= 0.6 is 0 Å². The Hall–Kier alpha value is -1.90. The molecule has 106 valence electrons. The molecule has 5 nitrogen and oxygen atoms in total. The number of benzene rings is 1. The first-order valence-corrected chi connectivity index (χ1v) is 6.65. The van der Waals surface area contributed by atoms with Gasteiger partial charge in [0.1, 0.15) is 0 Å². The van der Waals surface area contributed by atoms with E-state index in [0.29, 0.717) is 24.1 Å². The molecular weight excluding hydrogens is 254 g/mol. The third kappa shape index (κ3) is 3.16. The molecule has 2 rings (SSSR count). The van der Waals surface area contributed by atoms with Crippen LogP contribution in [0.3, 0.4) is 0 Å². The SMILES string of the molecule is CN(C)CC1CC(O)CN1C(=O)c1cccc(C#N)c1. The number of hydrogen-bond acceptors (Lipinski definition) is 4. The van der Waals surface area contributed by atoms with Crippen molar-refractivity contribution in [1.82, 2.24) is 9.80 Å². The Morgan fingerprint density at radius 1 is 1.55 bits per heavy atom. The lowest BCUT2D eigenvalue weighted by Gasteiger charge is -2.26. The Kier molecular flexibility index (Phi) is 4.38. The lowest BCUT2D eigenvalue weighted by Crippen LogP contribution is -2.41. The molecule has 1 aliphatic heterocycles. The number of carbonyl (C=O) groups is 1. The Morgan fingerprint density at radius 2 is 2.30 bits per heavy atom. The van der Waals surface area contributed by atoms with Crippen LogP contribution in [0.15, 0.2) is 24.3 Å². The molecule has 0 spiro atoms. The van der Waals surface area contributed by atoms with Crippen LogP contribution in [0.2, 0.25) is 0 Å². The summed E-state index contributed by atoms with van der Waals surface area (Å²) < 4.78 is 0. The van der Waals surface area contributed by atoms with Crippen LogP contribution in [0, 0.1) is 11.3 Å². The van der Waals surface area contributed by atoms with Gasteiger partial charge in [-0.05, 0) is 38.7 Å². The summed E-state index contributed by atoms with van der Waals surface area (Å²) in [7, 11) is 3.90. The van der Waals surface area contributed by atoms with Crippen molar-refractivity contribution in [2.45, 2.75) is 18.6 Å². The number of hydrogen-bond donors (Lipinski definition) is 1. The number of aliphatic hydroxyl groups excluding tert-OH is 1. The van der Waals surface area contributed by atoms with Crippen LogP contribution < -0.4 is 0 Å². The van der Waals surface area contributed by atoms with Gasteiger partial charge in [0.15, 0.2) is 0 Å². The fourth-order valence-electron chi connectivity index (χ4n) is 2.62. The molecule has 2 atom stereocenters. The summed E-state index contributed by atoms with van der Waals surface area (Å²) in [5, 5.41) is 18.7. The zero-order valence-corrected chi connectivity index (χ0v) is 11.8. The number of rotatable bonds is 3. The van der Waals surface area contributed by atoms with Gasteiger partial charge in [0, 0.05) is 24.7 Å². The van der Waals surface area contributed by atoms with E-state index in [4.69, 9.17) is 5.26 Å². The monoisotopic (exact) mass is 273 g/mol. The second kappa shape index (κ2) is 6.04. The van der Waals surface area contributed by atoms with Crippen molar-refractivity contribution >= 4 is 5.91 Å². The summed E-state index contributed by atoms with van der Waals surface area (Å²) in [6.45, 7) is 1.08. The molecular formula is C15H19N3O2. The second-order valence-electron chi connectivity index (χ2n) is 5.46. The van der Waals surface area contributed by atoms with Gasteiger partial charge in [-0.1, -0.05) is 6.07 Å². The van der Waals surface area contributed by atoms with Crippen LogP contribution in [-0.4, -0.2) is 60.1 Å². The smallest absolute Gasteiger partial charge is 0.254 e. The first-order valence-electron chi connectivity index (χ1n) is 6.65. The van der Waals surface area contributed by atoms with Gasteiger partial charge in [0.05, 0.1) is 17.7 Å². The first kappa shape index (κ1) is 14.5. The molecule has 1 amide bonds. The largest absolute Gasteiger partial charge is 0.391 e. The zero-order chi connectivity index (χ0) is 14.7. The number of nitriles is 1. The fraction of sp³-hybridized carbons (Fsp3) is 0.467. The molecule has 2 unspecified atom stereocenters. The average Bonchev–Trinajstić information content (AvgIpc) is 2.78. The van der Waals surface area contributed by atoms with Crippen molar-refractivity contribution in [3.05, 3.63) is 35.4 Å². The van der Waals surface area contributed by atoms with Crippen molar-refractivity contribution in [2.75, 3.05) is 27.2 Å². The minimum atomic E-state index is -0.469. The number of likely N-dealkylation sites (tertiary alicyclic amines) is 1. The van der Waals surface area contributed by atoms with Crippen LogP contribution in [0.4, 0.5) is 0 Å². The second-order valence-corrected chi connectivity index (χ2v) is 5.46. The Bertz CT molecular complexity index is 536. The molecule has 1 aliphatic rings. The average molecular weight is 273 g/mol. The minimum absolute atomic E-state index is 0.0123. The summed E-state index contributed by atoms with van der Waals surface area (Å²) >= 11 is 0. The van der Waals surface area contributed by atoms with E-state index in [2.05, 4.69) is 0 Å². The van der Waals surface area contributed by atoms with Gasteiger partial charge in [-0.15, -0.1) is 0 Å². The van der Waals surface area contributed by atoms with Gasteiger partial charge < -0.3 is 14.9 Å². The molecule has 0 bridgehead atoms. The highest BCUT2D eigenvalue weighted by Gasteiger charge is 2.34. The van der Waals surface area contributed by atoms with Crippen molar-refractivity contribution in [2.24, 2.45) is 0 Å². The number of nitrogens with zero attached hydrogens (tertiary/aromatic N) is 3.